The number of halogens is 1. The number of benzene rings is 2. The third-order valence-corrected chi connectivity index (χ3v) is 3.66. The van der Waals surface area contributed by atoms with Crippen molar-refractivity contribution in [3.05, 3.63) is 64.4 Å². The van der Waals surface area contributed by atoms with Gasteiger partial charge in [0.05, 0.1) is 22.9 Å². The predicted molar refractivity (Wildman–Crippen MR) is 79.9 cm³/mol. The smallest absolute Gasteiger partial charge is 0.335 e. The molecule has 5 heteroatoms. The molecule has 0 saturated heterocycles. The van der Waals surface area contributed by atoms with E-state index in [0.29, 0.717) is 6.54 Å². The monoisotopic (exact) mass is 330 g/mol. The summed E-state index contributed by atoms with van der Waals surface area (Å²) in [7, 11) is 0. The van der Waals surface area contributed by atoms with Gasteiger partial charge in [0.25, 0.3) is 0 Å². The van der Waals surface area contributed by atoms with Crippen LogP contribution in [0.25, 0.3) is 11.0 Å². The summed E-state index contributed by atoms with van der Waals surface area (Å²) < 4.78 is 2.98. The molecular formula is C15H11BrN2O2. The van der Waals surface area contributed by atoms with Gasteiger partial charge in [-0.3, -0.25) is 0 Å². The molecule has 0 aliphatic heterocycles. The zero-order valence-electron chi connectivity index (χ0n) is 10.5. The number of imidazole rings is 1. The maximum Gasteiger partial charge on any atom is 0.335 e. The van der Waals surface area contributed by atoms with Crippen LogP contribution >= 0.6 is 15.9 Å². The zero-order valence-corrected chi connectivity index (χ0v) is 12.0. The highest BCUT2D eigenvalue weighted by Gasteiger charge is 2.08. The lowest BCUT2D eigenvalue weighted by molar-refractivity contribution is 0.0697. The maximum absolute atomic E-state index is 11.0. The third-order valence-electron chi connectivity index (χ3n) is 3.13. The summed E-state index contributed by atoms with van der Waals surface area (Å²) in [6.07, 6.45) is 1.73. The van der Waals surface area contributed by atoms with Crippen molar-refractivity contribution in [1.29, 1.82) is 0 Å². The van der Waals surface area contributed by atoms with Gasteiger partial charge in [-0.2, -0.15) is 0 Å². The number of hydrogen-bond acceptors (Lipinski definition) is 2. The fourth-order valence-corrected chi connectivity index (χ4v) is 2.37. The van der Waals surface area contributed by atoms with Crippen LogP contribution < -0.4 is 0 Å². The van der Waals surface area contributed by atoms with Gasteiger partial charge in [0.15, 0.2) is 0 Å². The Balaban J connectivity index is 2.00. The van der Waals surface area contributed by atoms with Crippen LogP contribution in [0.4, 0.5) is 0 Å². The number of carboxylic acids is 1. The van der Waals surface area contributed by atoms with Gasteiger partial charge in [-0.1, -0.05) is 28.1 Å². The Hall–Kier alpha value is -2.14. The van der Waals surface area contributed by atoms with Gasteiger partial charge in [0.1, 0.15) is 0 Å². The molecule has 0 unspecified atom stereocenters. The number of carbonyl (C=O) groups is 1. The molecule has 0 amide bonds. The molecule has 3 rings (SSSR count). The van der Waals surface area contributed by atoms with Crippen molar-refractivity contribution in [2.75, 3.05) is 0 Å². The molecule has 4 nitrogen and oxygen atoms in total. The van der Waals surface area contributed by atoms with Crippen molar-refractivity contribution < 1.29 is 9.90 Å². The van der Waals surface area contributed by atoms with Gasteiger partial charge in [-0.25, -0.2) is 9.78 Å². The Bertz CT molecular complexity index is 778. The minimum absolute atomic E-state index is 0.273. The number of aromatic nitrogens is 2. The number of nitrogens with zero attached hydrogens (tertiary/aromatic N) is 2. The highest BCUT2D eigenvalue weighted by Crippen LogP contribution is 2.18. The minimum Gasteiger partial charge on any atom is -0.478 e. The Morgan fingerprint density at radius 2 is 1.95 bits per heavy atom. The van der Waals surface area contributed by atoms with Gasteiger partial charge >= 0.3 is 5.97 Å². The first kappa shape index (κ1) is 12.9. The number of carboxylic acid groups (broad SMARTS) is 1. The average Bonchev–Trinajstić information content (AvgIpc) is 2.84. The lowest BCUT2D eigenvalue weighted by atomic mass is 10.2. The molecule has 100 valence electrons. The molecule has 0 aliphatic carbocycles. The van der Waals surface area contributed by atoms with E-state index < -0.39 is 5.97 Å². The molecule has 0 fully saturated rings. The second-order valence-electron chi connectivity index (χ2n) is 4.51. The van der Waals surface area contributed by atoms with E-state index in [-0.39, 0.29) is 5.56 Å². The lowest BCUT2D eigenvalue weighted by Gasteiger charge is -2.05. The highest BCUT2D eigenvalue weighted by atomic mass is 79.9. The van der Waals surface area contributed by atoms with E-state index in [1.165, 1.54) is 0 Å². The summed E-state index contributed by atoms with van der Waals surface area (Å²) in [5, 5.41) is 9.06. The molecular weight excluding hydrogens is 320 g/mol. The van der Waals surface area contributed by atoms with Crippen LogP contribution in [0.3, 0.4) is 0 Å². The lowest BCUT2D eigenvalue weighted by Crippen LogP contribution is -2.00. The van der Waals surface area contributed by atoms with Crippen molar-refractivity contribution in [1.82, 2.24) is 9.55 Å². The van der Waals surface area contributed by atoms with Gasteiger partial charge in [-0.05, 0) is 35.9 Å². The molecule has 0 radical (unpaired) electrons. The second-order valence-corrected chi connectivity index (χ2v) is 5.42. The van der Waals surface area contributed by atoms with Crippen molar-refractivity contribution >= 4 is 32.9 Å². The van der Waals surface area contributed by atoms with E-state index >= 15 is 0 Å². The molecule has 0 saturated carbocycles. The van der Waals surface area contributed by atoms with E-state index in [4.69, 9.17) is 5.11 Å². The molecule has 0 atom stereocenters. The summed E-state index contributed by atoms with van der Waals surface area (Å²) in [5.74, 6) is -0.928. The fourth-order valence-electron chi connectivity index (χ4n) is 2.10. The molecule has 1 aromatic heterocycles. The maximum atomic E-state index is 11.0. The number of fused-ring (bicyclic) bond motifs is 1. The van der Waals surface area contributed by atoms with E-state index in [0.717, 1.165) is 21.1 Å². The van der Waals surface area contributed by atoms with Gasteiger partial charge in [0, 0.05) is 11.0 Å². The second kappa shape index (κ2) is 5.09. The molecule has 3 aromatic rings. The van der Waals surface area contributed by atoms with Crippen LogP contribution in [0.2, 0.25) is 0 Å². The highest BCUT2D eigenvalue weighted by molar-refractivity contribution is 9.10. The summed E-state index contributed by atoms with van der Waals surface area (Å²) in [6, 6.07) is 13.0. The third kappa shape index (κ3) is 2.44. The van der Waals surface area contributed by atoms with Crippen LogP contribution in [-0.2, 0) is 6.54 Å². The van der Waals surface area contributed by atoms with Crippen molar-refractivity contribution in [3.63, 3.8) is 0 Å². The minimum atomic E-state index is -0.928. The number of hydrogen-bond donors (Lipinski definition) is 1. The molecule has 20 heavy (non-hydrogen) atoms. The van der Waals surface area contributed by atoms with Gasteiger partial charge in [0.2, 0.25) is 0 Å². The molecule has 0 aliphatic rings. The summed E-state index contributed by atoms with van der Waals surface area (Å²) in [5.41, 5.74) is 3.03. The Kier molecular flexibility index (Phi) is 3.28. The largest absolute Gasteiger partial charge is 0.478 e. The number of rotatable bonds is 3. The normalized spacial score (nSPS) is 10.8. The summed E-state index contributed by atoms with van der Waals surface area (Å²) in [6.45, 7) is 0.660. The van der Waals surface area contributed by atoms with Crippen LogP contribution in [0.1, 0.15) is 15.9 Å². The summed E-state index contributed by atoms with van der Waals surface area (Å²) >= 11 is 3.40. The standard InChI is InChI=1S/C15H11BrN2O2/c16-12-4-1-10(2-5-12)8-18-9-17-13-6-3-11(15(19)20)7-14(13)18/h1-7,9H,8H2,(H,19,20). The first-order valence-corrected chi connectivity index (χ1v) is 6.85. The van der Waals surface area contributed by atoms with Gasteiger partial charge < -0.3 is 9.67 Å². The zero-order chi connectivity index (χ0) is 14.1. The van der Waals surface area contributed by atoms with Crippen molar-refractivity contribution in [2.24, 2.45) is 0 Å². The molecule has 1 heterocycles. The van der Waals surface area contributed by atoms with E-state index in [1.54, 1.807) is 24.5 Å². The van der Waals surface area contributed by atoms with E-state index in [2.05, 4.69) is 20.9 Å². The van der Waals surface area contributed by atoms with Crippen LogP contribution in [0.15, 0.2) is 53.3 Å². The van der Waals surface area contributed by atoms with Crippen LogP contribution in [0.5, 0.6) is 0 Å². The summed E-state index contributed by atoms with van der Waals surface area (Å²) in [4.78, 5) is 15.3. The molecule has 0 spiro atoms. The Labute approximate surface area is 123 Å². The molecule has 2 aromatic carbocycles. The molecule has 1 N–H and O–H groups in total. The first-order chi connectivity index (χ1) is 9.63. The predicted octanol–water partition coefficient (Wildman–Crippen LogP) is 3.55. The van der Waals surface area contributed by atoms with Crippen LogP contribution in [-0.4, -0.2) is 20.6 Å². The van der Waals surface area contributed by atoms with Crippen LogP contribution in [0, 0.1) is 0 Å². The number of aromatic carboxylic acids is 1. The fraction of sp³-hybridized carbons (Fsp3) is 0.0667. The average molecular weight is 331 g/mol. The topological polar surface area (TPSA) is 55.1 Å². The van der Waals surface area contributed by atoms with E-state index in [1.807, 2.05) is 28.8 Å². The van der Waals surface area contributed by atoms with Crippen molar-refractivity contribution in [2.45, 2.75) is 6.54 Å². The first-order valence-electron chi connectivity index (χ1n) is 6.06. The quantitative estimate of drug-likeness (QED) is 0.799. The SMILES string of the molecule is O=C(O)c1ccc2ncn(Cc3ccc(Br)cc3)c2c1. The van der Waals surface area contributed by atoms with Crippen molar-refractivity contribution in [3.8, 4) is 0 Å². The Morgan fingerprint density at radius 3 is 2.65 bits per heavy atom. The van der Waals surface area contributed by atoms with E-state index in [9.17, 15) is 4.79 Å². The van der Waals surface area contributed by atoms with Gasteiger partial charge in [-0.15, -0.1) is 0 Å². The Morgan fingerprint density at radius 1 is 1.20 bits per heavy atom. The molecule has 0 bridgehead atoms.